The van der Waals surface area contributed by atoms with Gasteiger partial charge in [-0.25, -0.2) is 0 Å². The number of alkyl halides is 1. The molecule has 18 heavy (non-hydrogen) atoms. The Bertz CT molecular complexity index is 489. The zero-order valence-corrected chi connectivity index (χ0v) is 10.5. The smallest absolute Gasteiger partial charge is 0.235 e. The molecule has 1 aliphatic heterocycles. The van der Waals surface area contributed by atoms with E-state index in [-0.39, 0.29) is 18.3 Å². The van der Waals surface area contributed by atoms with Gasteiger partial charge in [0.2, 0.25) is 5.91 Å². The van der Waals surface area contributed by atoms with E-state index < -0.39 is 11.9 Å². The minimum Gasteiger partial charge on any atom is -0.497 e. The van der Waals surface area contributed by atoms with Gasteiger partial charge in [0.25, 0.3) is 0 Å². The van der Waals surface area contributed by atoms with E-state index in [2.05, 4.69) is 5.32 Å². The Kier molecular flexibility index (Phi) is 3.72. The van der Waals surface area contributed by atoms with Crippen molar-refractivity contribution in [3.8, 4) is 11.5 Å². The number of ketones is 1. The first-order chi connectivity index (χ1) is 8.65. The molecule has 1 aromatic carbocycles. The van der Waals surface area contributed by atoms with E-state index in [0.29, 0.717) is 17.1 Å². The minimum atomic E-state index is -0.698. The molecule has 6 heteroatoms. The van der Waals surface area contributed by atoms with Crippen molar-refractivity contribution < 1.29 is 19.1 Å². The Morgan fingerprint density at radius 2 is 2.39 bits per heavy atom. The molecule has 2 rings (SSSR count). The van der Waals surface area contributed by atoms with Gasteiger partial charge in [0.15, 0.2) is 5.78 Å². The van der Waals surface area contributed by atoms with Gasteiger partial charge in [0.05, 0.1) is 12.7 Å². The number of Topliss-reactive ketones (excluding diaryl/α,β-unsaturated/α-hetero) is 1. The molecule has 0 bridgehead atoms. The van der Waals surface area contributed by atoms with Crippen LogP contribution in [0.4, 0.5) is 0 Å². The van der Waals surface area contributed by atoms with Crippen LogP contribution in [-0.2, 0) is 4.79 Å². The number of hydrogen-bond donors (Lipinski definition) is 1. The van der Waals surface area contributed by atoms with E-state index in [4.69, 9.17) is 21.1 Å². The maximum atomic E-state index is 12.1. The zero-order valence-electron chi connectivity index (χ0n) is 9.73. The summed E-state index contributed by atoms with van der Waals surface area (Å²) in [6, 6.07) is 4.28. The molecule has 0 fully saturated rings. The lowest BCUT2D eigenvalue weighted by Gasteiger charge is -2.24. The zero-order chi connectivity index (χ0) is 13.1. The maximum absolute atomic E-state index is 12.1. The summed E-state index contributed by atoms with van der Waals surface area (Å²) < 4.78 is 10.5. The number of carbonyl (C=O) groups excluding carboxylic acids is 2. The monoisotopic (exact) mass is 269 g/mol. The second-order valence-corrected chi connectivity index (χ2v) is 4.06. The fourth-order valence-corrected chi connectivity index (χ4v) is 1.81. The lowest BCUT2D eigenvalue weighted by molar-refractivity contribution is -0.119. The third kappa shape index (κ3) is 2.41. The van der Waals surface area contributed by atoms with Crippen LogP contribution >= 0.6 is 11.6 Å². The van der Waals surface area contributed by atoms with E-state index in [0.717, 1.165) is 0 Å². The van der Waals surface area contributed by atoms with Crippen molar-refractivity contribution in [1.29, 1.82) is 0 Å². The van der Waals surface area contributed by atoms with E-state index in [1.165, 1.54) is 7.11 Å². The topological polar surface area (TPSA) is 64.6 Å². The van der Waals surface area contributed by atoms with Crippen molar-refractivity contribution in [2.45, 2.75) is 6.04 Å². The summed E-state index contributed by atoms with van der Waals surface area (Å²) in [6.45, 7) is 0.112. The number of fused-ring (bicyclic) bond motifs is 1. The molecule has 1 N–H and O–H groups in total. The Morgan fingerprint density at radius 3 is 3.06 bits per heavy atom. The van der Waals surface area contributed by atoms with E-state index in [1.54, 1.807) is 18.2 Å². The first kappa shape index (κ1) is 12.7. The molecule has 5 nitrogen and oxygen atoms in total. The molecular formula is C12H12ClNO4. The normalized spacial score (nSPS) is 17.7. The van der Waals surface area contributed by atoms with Gasteiger partial charge in [0, 0.05) is 0 Å². The van der Waals surface area contributed by atoms with Crippen LogP contribution in [-0.4, -0.2) is 37.3 Å². The molecule has 1 unspecified atom stereocenters. The van der Waals surface area contributed by atoms with E-state index in [9.17, 15) is 9.59 Å². The molecule has 0 spiro atoms. The molecule has 0 saturated carbocycles. The number of methoxy groups -OCH3 is 1. The molecule has 1 aliphatic rings. The van der Waals surface area contributed by atoms with Gasteiger partial charge >= 0.3 is 0 Å². The summed E-state index contributed by atoms with van der Waals surface area (Å²) in [5.41, 5.74) is 0.403. The number of amides is 1. The van der Waals surface area contributed by atoms with Crippen molar-refractivity contribution in [2.75, 3.05) is 19.6 Å². The molecule has 96 valence electrons. The predicted molar refractivity (Wildman–Crippen MR) is 65.5 cm³/mol. The fraction of sp³-hybridized carbons (Fsp3) is 0.333. The summed E-state index contributed by atoms with van der Waals surface area (Å²) >= 11 is 5.38. The van der Waals surface area contributed by atoms with Crippen molar-refractivity contribution in [3.05, 3.63) is 23.8 Å². The maximum Gasteiger partial charge on any atom is 0.235 e. The third-order valence-corrected chi connectivity index (χ3v) is 2.87. The Hall–Kier alpha value is -1.75. The van der Waals surface area contributed by atoms with Crippen LogP contribution < -0.4 is 14.8 Å². The lowest BCUT2D eigenvalue weighted by atomic mass is 10.0. The molecule has 1 atom stereocenters. The van der Waals surface area contributed by atoms with Gasteiger partial charge in [0.1, 0.15) is 30.0 Å². The summed E-state index contributed by atoms with van der Waals surface area (Å²) in [7, 11) is 1.52. The highest BCUT2D eigenvalue weighted by atomic mass is 35.5. The van der Waals surface area contributed by atoms with Crippen molar-refractivity contribution in [2.24, 2.45) is 0 Å². The molecule has 0 aliphatic carbocycles. The van der Waals surface area contributed by atoms with E-state index >= 15 is 0 Å². The Labute approximate surface area is 109 Å². The van der Waals surface area contributed by atoms with Crippen LogP contribution in [0.2, 0.25) is 0 Å². The quantitative estimate of drug-likeness (QED) is 0.832. The highest BCUT2D eigenvalue weighted by Crippen LogP contribution is 2.28. The van der Waals surface area contributed by atoms with E-state index in [1.807, 2.05) is 0 Å². The molecule has 1 heterocycles. The molecule has 1 amide bonds. The van der Waals surface area contributed by atoms with Gasteiger partial charge in [-0.3, -0.25) is 9.59 Å². The largest absolute Gasteiger partial charge is 0.497 e. The summed E-state index contributed by atoms with van der Waals surface area (Å²) in [4.78, 5) is 23.3. The fourth-order valence-electron chi connectivity index (χ4n) is 1.73. The number of rotatable bonds is 3. The average Bonchev–Trinajstić information content (AvgIpc) is 2.41. The summed E-state index contributed by atoms with van der Waals surface area (Å²) in [6.07, 6.45) is 0. The second kappa shape index (κ2) is 5.27. The van der Waals surface area contributed by atoms with Crippen molar-refractivity contribution in [1.82, 2.24) is 5.32 Å². The minimum absolute atomic E-state index is 0.112. The molecule has 1 aromatic rings. The van der Waals surface area contributed by atoms with Crippen LogP contribution in [0.25, 0.3) is 0 Å². The van der Waals surface area contributed by atoms with Crippen LogP contribution in [0.3, 0.4) is 0 Å². The third-order valence-electron chi connectivity index (χ3n) is 2.63. The van der Waals surface area contributed by atoms with Gasteiger partial charge in [-0.05, 0) is 18.2 Å². The van der Waals surface area contributed by atoms with Gasteiger partial charge in [-0.15, -0.1) is 11.6 Å². The highest BCUT2D eigenvalue weighted by Gasteiger charge is 2.30. The lowest BCUT2D eigenvalue weighted by Crippen LogP contribution is -2.47. The molecular weight excluding hydrogens is 258 g/mol. The first-order valence-corrected chi connectivity index (χ1v) is 5.89. The number of carbonyl (C=O) groups is 2. The van der Waals surface area contributed by atoms with Crippen molar-refractivity contribution >= 4 is 23.3 Å². The second-order valence-electron chi connectivity index (χ2n) is 3.79. The number of ether oxygens (including phenoxy) is 2. The Morgan fingerprint density at radius 1 is 1.61 bits per heavy atom. The molecule has 0 saturated heterocycles. The number of benzene rings is 1. The molecule has 0 radical (unpaired) electrons. The SMILES string of the molecule is COc1ccc2c(c1)C(=O)C(NC(=O)CCl)CO2. The van der Waals surface area contributed by atoms with Crippen LogP contribution in [0.1, 0.15) is 10.4 Å². The van der Waals surface area contributed by atoms with Gasteiger partial charge in [-0.2, -0.15) is 0 Å². The highest BCUT2D eigenvalue weighted by molar-refractivity contribution is 6.27. The number of nitrogens with one attached hydrogen (secondary N) is 1. The van der Waals surface area contributed by atoms with Crippen molar-refractivity contribution in [3.63, 3.8) is 0 Å². The van der Waals surface area contributed by atoms with Gasteiger partial charge < -0.3 is 14.8 Å². The van der Waals surface area contributed by atoms with Crippen LogP contribution in [0, 0.1) is 0 Å². The van der Waals surface area contributed by atoms with Crippen LogP contribution in [0.5, 0.6) is 11.5 Å². The summed E-state index contributed by atoms with van der Waals surface area (Å²) in [5, 5.41) is 2.51. The summed E-state index contributed by atoms with van der Waals surface area (Å²) in [5.74, 6) is 0.278. The molecule has 0 aromatic heterocycles. The number of halogens is 1. The van der Waals surface area contributed by atoms with Crippen LogP contribution in [0.15, 0.2) is 18.2 Å². The first-order valence-electron chi connectivity index (χ1n) is 5.36. The standard InChI is InChI=1S/C12H12ClNO4/c1-17-7-2-3-10-8(4-7)12(16)9(6-18-10)14-11(15)5-13/h2-4,9H,5-6H2,1H3,(H,14,15). The van der Waals surface area contributed by atoms with Gasteiger partial charge in [-0.1, -0.05) is 0 Å². The predicted octanol–water partition coefficient (Wildman–Crippen LogP) is 0.994. The Balaban J connectivity index is 2.23. The number of hydrogen-bond acceptors (Lipinski definition) is 4. The average molecular weight is 270 g/mol.